The van der Waals surface area contributed by atoms with Gasteiger partial charge in [0, 0.05) is 5.39 Å². The number of benzene rings is 2. The van der Waals surface area contributed by atoms with Gasteiger partial charge in [-0.25, -0.2) is 10.1 Å². The molecule has 8 heteroatoms. The molecule has 1 amide bonds. The SMILES string of the molecule is O=C(c1n[nH]c(=O)c2ccccc12)N1CC[NH+](Cc2nc3ccccc3s2)CC1. The van der Waals surface area contributed by atoms with Gasteiger partial charge in [0.05, 0.1) is 41.8 Å². The third-order valence-corrected chi connectivity index (χ3v) is 6.43. The molecule has 2 N–H and O–H groups in total. The standard InChI is InChI=1S/C21H19N5O2S/c27-20-15-6-2-1-5-14(15)19(23-24-20)21(28)26-11-9-25(10-12-26)13-18-22-16-7-3-4-8-17(16)29-18/h1-8H,9-13H2,(H,24,27)/p+1. The van der Waals surface area contributed by atoms with Crippen molar-refractivity contribution in [2.45, 2.75) is 6.54 Å². The van der Waals surface area contributed by atoms with Crippen molar-refractivity contribution >= 4 is 38.2 Å². The number of H-pyrrole nitrogens is 1. The van der Waals surface area contributed by atoms with Gasteiger partial charge in [-0.2, -0.15) is 5.10 Å². The Hall–Kier alpha value is -3.10. The number of amides is 1. The Morgan fingerprint density at radius 2 is 1.79 bits per heavy atom. The minimum Gasteiger partial charge on any atom is -0.326 e. The molecule has 1 aliphatic rings. The maximum absolute atomic E-state index is 13.0. The molecule has 0 atom stereocenters. The van der Waals surface area contributed by atoms with Gasteiger partial charge in [0.25, 0.3) is 11.5 Å². The van der Waals surface area contributed by atoms with Crippen LogP contribution in [0.5, 0.6) is 0 Å². The van der Waals surface area contributed by atoms with Gasteiger partial charge < -0.3 is 9.80 Å². The molecule has 5 rings (SSSR count). The van der Waals surface area contributed by atoms with Gasteiger partial charge in [0.1, 0.15) is 11.6 Å². The molecule has 2 aromatic heterocycles. The second kappa shape index (κ2) is 7.38. The summed E-state index contributed by atoms with van der Waals surface area (Å²) in [6, 6.07) is 15.3. The number of hydrogen-bond donors (Lipinski definition) is 2. The highest BCUT2D eigenvalue weighted by Gasteiger charge is 2.27. The lowest BCUT2D eigenvalue weighted by atomic mass is 10.1. The van der Waals surface area contributed by atoms with Gasteiger partial charge in [0.15, 0.2) is 5.69 Å². The van der Waals surface area contributed by atoms with Crippen LogP contribution in [-0.2, 0) is 6.54 Å². The predicted molar refractivity (Wildman–Crippen MR) is 112 cm³/mol. The van der Waals surface area contributed by atoms with Crippen LogP contribution in [-0.4, -0.2) is 52.2 Å². The van der Waals surface area contributed by atoms with Crippen LogP contribution in [0.3, 0.4) is 0 Å². The second-order valence-corrected chi connectivity index (χ2v) is 8.36. The van der Waals surface area contributed by atoms with Gasteiger partial charge >= 0.3 is 0 Å². The van der Waals surface area contributed by atoms with E-state index in [1.165, 1.54) is 9.60 Å². The molecule has 3 heterocycles. The quantitative estimate of drug-likeness (QED) is 0.533. The van der Waals surface area contributed by atoms with Crippen LogP contribution in [0.15, 0.2) is 53.3 Å². The molecular formula is C21H20N5O2S+. The first kappa shape index (κ1) is 18.0. The number of piperazine rings is 1. The van der Waals surface area contributed by atoms with Crippen molar-refractivity contribution in [1.29, 1.82) is 0 Å². The number of aromatic amines is 1. The van der Waals surface area contributed by atoms with Crippen LogP contribution in [0.25, 0.3) is 21.0 Å². The van der Waals surface area contributed by atoms with E-state index in [1.54, 1.807) is 29.5 Å². The summed E-state index contributed by atoms with van der Waals surface area (Å²) in [6.07, 6.45) is 0. The van der Waals surface area contributed by atoms with Crippen LogP contribution in [0, 0.1) is 0 Å². The molecule has 4 aromatic rings. The summed E-state index contributed by atoms with van der Waals surface area (Å²) in [5.41, 5.74) is 1.09. The zero-order valence-corrected chi connectivity index (χ0v) is 16.5. The number of aromatic nitrogens is 3. The average Bonchev–Trinajstić information content (AvgIpc) is 3.17. The van der Waals surface area contributed by atoms with Crippen molar-refractivity contribution in [3.63, 3.8) is 0 Å². The largest absolute Gasteiger partial charge is 0.326 e. The summed E-state index contributed by atoms with van der Waals surface area (Å²) in [6.45, 7) is 3.93. The van der Waals surface area contributed by atoms with Crippen molar-refractivity contribution in [1.82, 2.24) is 20.1 Å². The molecule has 1 fully saturated rings. The van der Waals surface area contributed by atoms with Crippen LogP contribution in [0.4, 0.5) is 0 Å². The number of quaternary nitrogens is 1. The van der Waals surface area contributed by atoms with Crippen molar-refractivity contribution in [3.8, 4) is 0 Å². The third kappa shape index (κ3) is 3.41. The maximum atomic E-state index is 13.0. The number of nitrogens with zero attached hydrogens (tertiary/aromatic N) is 3. The number of para-hydroxylation sites is 1. The van der Waals surface area contributed by atoms with Crippen LogP contribution in [0.1, 0.15) is 15.5 Å². The number of carbonyl (C=O) groups is 1. The van der Waals surface area contributed by atoms with E-state index in [2.05, 4.69) is 16.3 Å². The Bertz CT molecular complexity index is 1220. The maximum Gasteiger partial charge on any atom is 0.275 e. The number of rotatable bonds is 3. The first-order valence-electron chi connectivity index (χ1n) is 9.64. The number of fused-ring (bicyclic) bond motifs is 2. The van der Waals surface area contributed by atoms with E-state index in [1.807, 2.05) is 29.2 Å². The fourth-order valence-corrected chi connectivity index (χ4v) is 4.88. The molecule has 146 valence electrons. The molecule has 0 unspecified atom stereocenters. The number of hydrogen-bond acceptors (Lipinski definition) is 5. The first-order chi connectivity index (χ1) is 14.2. The van der Waals surface area contributed by atoms with E-state index < -0.39 is 0 Å². The van der Waals surface area contributed by atoms with E-state index in [4.69, 9.17) is 4.98 Å². The first-order valence-corrected chi connectivity index (χ1v) is 10.5. The van der Waals surface area contributed by atoms with E-state index in [-0.39, 0.29) is 11.5 Å². The molecular weight excluding hydrogens is 386 g/mol. The lowest BCUT2D eigenvalue weighted by Crippen LogP contribution is -3.13. The lowest BCUT2D eigenvalue weighted by molar-refractivity contribution is -0.917. The normalized spacial score (nSPS) is 15.2. The van der Waals surface area contributed by atoms with Crippen LogP contribution in [0.2, 0.25) is 0 Å². The van der Waals surface area contributed by atoms with Crippen molar-refractivity contribution in [2.75, 3.05) is 26.2 Å². The van der Waals surface area contributed by atoms with Crippen molar-refractivity contribution < 1.29 is 9.69 Å². The molecule has 7 nitrogen and oxygen atoms in total. The van der Waals surface area contributed by atoms with Gasteiger partial charge in [-0.1, -0.05) is 30.3 Å². The summed E-state index contributed by atoms with van der Waals surface area (Å²) in [7, 11) is 0. The Morgan fingerprint density at radius 3 is 2.59 bits per heavy atom. The van der Waals surface area contributed by atoms with Crippen LogP contribution < -0.4 is 10.5 Å². The molecule has 1 saturated heterocycles. The Kier molecular flexibility index (Phi) is 4.57. The topological polar surface area (TPSA) is 83.4 Å². The minimum atomic E-state index is -0.276. The highest BCUT2D eigenvalue weighted by Crippen LogP contribution is 2.21. The predicted octanol–water partition coefficient (Wildman–Crippen LogP) is 1.07. The Balaban J connectivity index is 1.29. The van der Waals surface area contributed by atoms with Gasteiger partial charge in [0.2, 0.25) is 0 Å². The molecule has 0 radical (unpaired) electrons. The summed E-state index contributed by atoms with van der Waals surface area (Å²) in [4.78, 5) is 33.0. The molecule has 29 heavy (non-hydrogen) atoms. The zero-order chi connectivity index (χ0) is 19.8. The van der Waals surface area contributed by atoms with E-state index in [0.717, 1.165) is 30.2 Å². The highest BCUT2D eigenvalue weighted by atomic mass is 32.1. The molecule has 0 aliphatic carbocycles. The third-order valence-electron chi connectivity index (χ3n) is 5.40. The summed E-state index contributed by atoms with van der Waals surface area (Å²) >= 11 is 1.74. The molecule has 2 aromatic carbocycles. The van der Waals surface area contributed by atoms with Gasteiger partial charge in [-0.3, -0.25) is 9.59 Å². The number of thiazole rings is 1. The fraction of sp³-hybridized carbons (Fsp3) is 0.238. The second-order valence-electron chi connectivity index (χ2n) is 7.24. The highest BCUT2D eigenvalue weighted by molar-refractivity contribution is 7.18. The van der Waals surface area contributed by atoms with Crippen molar-refractivity contribution in [2.24, 2.45) is 0 Å². The molecule has 1 aliphatic heterocycles. The summed E-state index contributed by atoms with van der Waals surface area (Å²) in [5, 5.41) is 8.73. The van der Waals surface area contributed by atoms with Crippen molar-refractivity contribution in [3.05, 3.63) is 69.6 Å². The molecule has 0 bridgehead atoms. The fourth-order valence-electron chi connectivity index (χ4n) is 3.84. The molecule has 0 spiro atoms. The Morgan fingerprint density at radius 1 is 1.07 bits per heavy atom. The summed E-state index contributed by atoms with van der Waals surface area (Å²) < 4.78 is 1.21. The Labute approximate surface area is 170 Å². The van der Waals surface area contributed by atoms with E-state index in [9.17, 15) is 9.59 Å². The zero-order valence-electron chi connectivity index (χ0n) is 15.7. The monoisotopic (exact) mass is 406 g/mol. The minimum absolute atomic E-state index is 0.128. The van der Waals surface area contributed by atoms with E-state index in [0.29, 0.717) is 29.6 Å². The average molecular weight is 406 g/mol. The lowest BCUT2D eigenvalue weighted by Gasteiger charge is -2.31. The molecule has 0 saturated carbocycles. The number of carbonyl (C=O) groups excluding carboxylic acids is 1. The summed E-state index contributed by atoms with van der Waals surface area (Å²) in [5.74, 6) is -0.128. The van der Waals surface area contributed by atoms with Gasteiger partial charge in [-0.15, -0.1) is 11.3 Å². The smallest absolute Gasteiger partial charge is 0.275 e. The van der Waals surface area contributed by atoms with Crippen LogP contribution >= 0.6 is 11.3 Å². The van der Waals surface area contributed by atoms with Gasteiger partial charge in [-0.05, 0) is 18.2 Å². The number of nitrogens with one attached hydrogen (secondary N) is 2. The van der Waals surface area contributed by atoms with E-state index >= 15 is 0 Å².